The Hall–Kier alpha value is -2.68. The number of hydrogen-bond acceptors (Lipinski definition) is 2. The van der Waals surface area contributed by atoms with E-state index in [-0.39, 0.29) is 5.91 Å². The number of rotatable bonds is 2. The highest BCUT2D eigenvalue weighted by Gasteiger charge is 2.26. The van der Waals surface area contributed by atoms with Crippen molar-refractivity contribution in [3.63, 3.8) is 0 Å². The number of nitrogens with zero attached hydrogens (tertiary/aromatic N) is 2. The first-order chi connectivity index (χ1) is 11.3. The van der Waals surface area contributed by atoms with Crippen LogP contribution in [-0.2, 0) is 12.8 Å². The molecule has 2 aromatic carbocycles. The van der Waals surface area contributed by atoms with E-state index in [9.17, 15) is 4.79 Å². The smallest absolute Gasteiger partial charge is 0.258 e. The summed E-state index contributed by atoms with van der Waals surface area (Å²) >= 11 is 0. The van der Waals surface area contributed by atoms with E-state index in [1.54, 1.807) is 6.20 Å². The van der Waals surface area contributed by atoms with Gasteiger partial charge in [-0.25, -0.2) is 0 Å². The molecule has 0 atom stereocenters. The van der Waals surface area contributed by atoms with Crippen LogP contribution in [0.2, 0.25) is 0 Å². The van der Waals surface area contributed by atoms with Crippen LogP contribution < -0.4 is 4.90 Å². The molecule has 1 amide bonds. The molecule has 3 heteroatoms. The average molecular weight is 302 g/mol. The molecule has 0 saturated heterocycles. The van der Waals surface area contributed by atoms with Gasteiger partial charge in [-0.15, -0.1) is 0 Å². The van der Waals surface area contributed by atoms with Crippen molar-refractivity contribution in [3.05, 3.63) is 71.4 Å². The fourth-order valence-electron chi connectivity index (χ4n) is 3.30. The number of fused-ring (bicyclic) bond motifs is 2. The van der Waals surface area contributed by atoms with Crippen molar-refractivity contribution in [2.24, 2.45) is 0 Å². The minimum atomic E-state index is 0.0760. The molecule has 0 unspecified atom stereocenters. The van der Waals surface area contributed by atoms with Crippen LogP contribution in [0.4, 0.5) is 5.69 Å². The van der Waals surface area contributed by atoms with Crippen LogP contribution in [0, 0.1) is 0 Å². The molecule has 2 heterocycles. The SMILES string of the molecule is CCc1ccc2c(c1)CCN(c1cccc3cccnc13)C2=O. The fraction of sp³-hybridized carbons (Fsp3) is 0.200. The van der Waals surface area contributed by atoms with Crippen molar-refractivity contribution in [2.45, 2.75) is 19.8 Å². The van der Waals surface area contributed by atoms with Crippen molar-refractivity contribution in [1.82, 2.24) is 4.98 Å². The quantitative estimate of drug-likeness (QED) is 0.717. The van der Waals surface area contributed by atoms with Crippen molar-refractivity contribution >= 4 is 22.5 Å². The molecule has 23 heavy (non-hydrogen) atoms. The molecule has 114 valence electrons. The molecule has 1 aliphatic rings. The minimum Gasteiger partial charge on any atom is -0.306 e. The van der Waals surface area contributed by atoms with Crippen molar-refractivity contribution in [2.75, 3.05) is 11.4 Å². The van der Waals surface area contributed by atoms with Gasteiger partial charge in [-0.2, -0.15) is 0 Å². The zero-order valence-corrected chi connectivity index (χ0v) is 13.1. The highest BCUT2D eigenvalue weighted by molar-refractivity contribution is 6.11. The molecule has 0 N–H and O–H groups in total. The topological polar surface area (TPSA) is 33.2 Å². The maximum absolute atomic E-state index is 13.0. The largest absolute Gasteiger partial charge is 0.306 e. The van der Waals surface area contributed by atoms with E-state index in [0.717, 1.165) is 35.0 Å². The maximum atomic E-state index is 13.0. The molecular weight excluding hydrogens is 284 g/mol. The van der Waals surface area contributed by atoms with Crippen LogP contribution in [0.25, 0.3) is 10.9 Å². The number of amides is 1. The van der Waals surface area contributed by atoms with E-state index in [2.05, 4.69) is 24.0 Å². The highest BCUT2D eigenvalue weighted by Crippen LogP contribution is 2.30. The number of aromatic nitrogens is 1. The molecule has 0 bridgehead atoms. The molecule has 0 fully saturated rings. The molecule has 0 radical (unpaired) electrons. The Morgan fingerprint density at radius 3 is 2.87 bits per heavy atom. The van der Waals surface area contributed by atoms with E-state index in [1.807, 2.05) is 41.3 Å². The number of para-hydroxylation sites is 1. The fourth-order valence-corrected chi connectivity index (χ4v) is 3.30. The summed E-state index contributed by atoms with van der Waals surface area (Å²) in [5, 5.41) is 1.06. The van der Waals surface area contributed by atoms with E-state index in [0.29, 0.717) is 6.54 Å². The van der Waals surface area contributed by atoms with Crippen LogP contribution in [-0.4, -0.2) is 17.4 Å². The predicted octanol–water partition coefficient (Wildman–Crippen LogP) is 4.00. The van der Waals surface area contributed by atoms with Gasteiger partial charge in [0, 0.05) is 23.7 Å². The van der Waals surface area contributed by atoms with E-state index < -0.39 is 0 Å². The summed E-state index contributed by atoms with van der Waals surface area (Å²) in [4.78, 5) is 19.3. The lowest BCUT2D eigenvalue weighted by molar-refractivity contribution is 0.0981. The second kappa shape index (κ2) is 5.51. The monoisotopic (exact) mass is 302 g/mol. The normalized spacial score (nSPS) is 14.1. The van der Waals surface area contributed by atoms with Gasteiger partial charge in [0.05, 0.1) is 11.2 Å². The van der Waals surface area contributed by atoms with Gasteiger partial charge in [-0.1, -0.05) is 37.3 Å². The molecule has 1 aromatic heterocycles. The summed E-state index contributed by atoms with van der Waals surface area (Å²) in [6.07, 6.45) is 3.66. The van der Waals surface area contributed by atoms with Gasteiger partial charge in [-0.05, 0) is 42.2 Å². The minimum absolute atomic E-state index is 0.0760. The van der Waals surface area contributed by atoms with Gasteiger partial charge >= 0.3 is 0 Å². The van der Waals surface area contributed by atoms with Gasteiger partial charge in [0.2, 0.25) is 0 Å². The summed E-state index contributed by atoms with van der Waals surface area (Å²) in [5.41, 5.74) is 5.06. The summed E-state index contributed by atoms with van der Waals surface area (Å²) in [6.45, 7) is 2.84. The summed E-state index contributed by atoms with van der Waals surface area (Å²) in [5.74, 6) is 0.0760. The first-order valence-corrected chi connectivity index (χ1v) is 8.05. The first kappa shape index (κ1) is 13.9. The number of aryl methyl sites for hydroxylation is 1. The van der Waals surface area contributed by atoms with E-state index >= 15 is 0 Å². The summed E-state index contributed by atoms with van der Waals surface area (Å²) in [6, 6.07) is 16.2. The zero-order valence-electron chi connectivity index (χ0n) is 13.1. The van der Waals surface area contributed by atoms with Gasteiger partial charge in [0.25, 0.3) is 5.91 Å². The van der Waals surface area contributed by atoms with Crippen LogP contribution in [0.15, 0.2) is 54.7 Å². The highest BCUT2D eigenvalue weighted by atomic mass is 16.2. The number of carbonyl (C=O) groups is 1. The Balaban J connectivity index is 1.80. The van der Waals surface area contributed by atoms with E-state index in [4.69, 9.17) is 0 Å². The van der Waals surface area contributed by atoms with Gasteiger partial charge in [0.1, 0.15) is 0 Å². The van der Waals surface area contributed by atoms with Crippen LogP contribution in [0.5, 0.6) is 0 Å². The molecule has 3 nitrogen and oxygen atoms in total. The molecule has 4 rings (SSSR count). The summed E-state index contributed by atoms with van der Waals surface area (Å²) in [7, 11) is 0. The Morgan fingerprint density at radius 1 is 1.13 bits per heavy atom. The Kier molecular flexibility index (Phi) is 3.34. The second-order valence-corrected chi connectivity index (χ2v) is 5.90. The lowest BCUT2D eigenvalue weighted by Gasteiger charge is -2.29. The third-order valence-corrected chi connectivity index (χ3v) is 4.56. The average Bonchev–Trinajstić information content (AvgIpc) is 2.61. The number of carbonyl (C=O) groups excluding carboxylic acids is 1. The molecule has 0 spiro atoms. The Morgan fingerprint density at radius 2 is 2.00 bits per heavy atom. The molecule has 1 aliphatic heterocycles. The van der Waals surface area contributed by atoms with Gasteiger partial charge in [-0.3, -0.25) is 9.78 Å². The number of benzene rings is 2. The van der Waals surface area contributed by atoms with Crippen molar-refractivity contribution < 1.29 is 4.79 Å². The molecule has 0 saturated carbocycles. The van der Waals surface area contributed by atoms with E-state index in [1.165, 1.54) is 11.1 Å². The van der Waals surface area contributed by atoms with Gasteiger partial charge < -0.3 is 4.90 Å². The number of anilines is 1. The third-order valence-electron chi connectivity index (χ3n) is 4.56. The van der Waals surface area contributed by atoms with Crippen molar-refractivity contribution in [1.29, 1.82) is 0 Å². The number of hydrogen-bond donors (Lipinski definition) is 0. The lowest BCUT2D eigenvalue weighted by atomic mass is 9.95. The van der Waals surface area contributed by atoms with Crippen LogP contribution in [0.3, 0.4) is 0 Å². The lowest BCUT2D eigenvalue weighted by Crippen LogP contribution is -2.37. The number of pyridine rings is 1. The third kappa shape index (κ3) is 2.29. The van der Waals surface area contributed by atoms with Gasteiger partial charge in [0.15, 0.2) is 0 Å². The summed E-state index contributed by atoms with van der Waals surface area (Å²) < 4.78 is 0. The Labute approximate surface area is 135 Å². The van der Waals surface area contributed by atoms with Crippen molar-refractivity contribution in [3.8, 4) is 0 Å². The predicted molar refractivity (Wildman–Crippen MR) is 92.9 cm³/mol. The molecular formula is C20H18N2O. The first-order valence-electron chi connectivity index (χ1n) is 8.05. The molecule has 0 aliphatic carbocycles. The van der Waals surface area contributed by atoms with Crippen LogP contribution in [0.1, 0.15) is 28.4 Å². The Bertz CT molecular complexity index is 896. The second-order valence-electron chi connectivity index (χ2n) is 5.90. The zero-order chi connectivity index (χ0) is 15.8. The maximum Gasteiger partial charge on any atom is 0.258 e. The standard InChI is InChI=1S/C20H18N2O/c1-2-14-8-9-17-16(13-14)10-12-22(20(17)23)18-7-3-5-15-6-4-11-21-19(15)18/h3-9,11,13H,2,10,12H2,1H3. The van der Waals surface area contributed by atoms with Crippen LogP contribution >= 0.6 is 0 Å². The molecule has 3 aromatic rings.